The van der Waals surface area contributed by atoms with Gasteiger partial charge in [-0.25, -0.2) is 8.78 Å². The normalized spacial score (nSPS) is 12.7. The third-order valence-electron chi connectivity index (χ3n) is 14.3. The number of aliphatic hydroxyl groups is 4. The van der Waals surface area contributed by atoms with E-state index in [-0.39, 0.29) is 106 Å². The second kappa shape index (κ2) is 32.1. The largest absolute Gasteiger partial charge is 2.00 e. The molecule has 0 spiro atoms. The molecule has 14 nitrogen and oxygen atoms in total. The van der Waals surface area contributed by atoms with Crippen molar-refractivity contribution >= 4 is 72.9 Å². The van der Waals surface area contributed by atoms with Gasteiger partial charge >= 0.3 is 43.7 Å². The topological polar surface area (TPSA) is 215 Å². The molecule has 2 aromatic heterocycles. The minimum Gasteiger partial charge on any atom is -0.550 e. The van der Waals surface area contributed by atoms with Gasteiger partial charge in [0.25, 0.3) is 11.8 Å². The third kappa shape index (κ3) is 19.1. The second-order valence-electron chi connectivity index (χ2n) is 23.0. The number of carbonyl (C=O) groups excluding carboxylic acids is 4. The van der Waals surface area contributed by atoms with Gasteiger partial charge in [0, 0.05) is 59.4 Å². The molecule has 4 atom stereocenters. The number of aliphatic carboxylic acids is 1. The molecule has 6 N–H and O–H groups in total. The predicted octanol–water partition coefficient (Wildman–Crippen LogP) is 12.2. The number of carbonyl (C=O) groups is 4. The monoisotopic (exact) mass is 1210 g/mol. The zero-order valence-electron chi connectivity index (χ0n) is 50.4. The van der Waals surface area contributed by atoms with Crippen molar-refractivity contribution in [2.45, 2.75) is 142 Å². The number of hydrogen-bond acceptors (Lipinski definition) is 10. The van der Waals surface area contributed by atoms with E-state index in [1.165, 1.54) is 24.3 Å². The molecule has 2 amide bonds. The number of nitrogens with one attached hydrogen (secondary N) is 2. The molecule has 0 aliphatic rings. The van der Waals surface area contributed by atoms with Gasteiger partial charge in [-0.1, -0.05) is 125 Å². The maximum atomic E-state index is 14.2. The first-order chi connectivity index (χ1) is 41.0. The number of halogens is 2. The van der Waals surface area contributed by atoms with Crippen LogP contribution >= 0.6 is 0 Å². The van der Waals surface area contributed by atoms with Crippen molar-refractivity contribution in [3.8, 4) is 44.8 Å². The molecule has 0 aliphatic carbocycles. The smallest absolute Gasteiger partial charge is 0.550 e. The van der Waals surface area contributed by atoms with Crippen LogP contribution in [0.2, 0.25) is 0 Å². The van der Waals surface area contributed by atoms with Crippen molar-refractivity contribution < 1.29 is 58.2 Å². The van der Waals surface area contributed by atoms with Crippen LogP contribution < -0.4 is 15.7 Å². The number of benzene rings is 6. The summed E-state index contributed by atoms with van der Waals surface area (Å²) >= 11 is 0. The molecule has 452 valence electrons. The van der Waals surface area contributed by atoms with Crippen LogP contribution in [0.3, 0.4) is 0 Å². The van der Waals surface area contributed by atoms with E-state index < -0.39 is 54.2 Å². The van der Waals surface area contributed by atoms with Gasteiger partial charge in [-0.2, -0.15) is 0 Å². The second-order valence-corrected chi connectivity index (χ2v) is 23.0. The fourth-order valence-electron chi connectivity index (χ4n) is 10.8. The Bertz CT molecular complexity index is 3520. The number of rotatable bonds is 24. The zero-order valence-corrected chi connectivity index (χ0v) is 52.6. The van der Waals surface area contributed by atoms with Crippen molar-refractivity contribution in [1.29, 1.82) is 0 Å². The standard InChI is InChI=1S/C37H43FN2O5.C33H35FN2O5.Ca/c1-24(2)34-33(36(44)39-28-14-10-7-11-15-28)32(25-12-8-6-9-13-25)35(26-16-18-27(38)19-17-26)40(34)21-20-29(41)22-30(42)23-31(43)45-37(3,4)5;1-21(2)31-30(33(41)35-25-11-7-4-8-12-25)29(22-9-5-3-6-10-22)32(23-13-15-24(34)16-14-23)36(31)18-17-26(37)19-27(38)20-28(39)40;/h6-19,24,29-30,41-42H,20-23H2,1-5H3,(H,39,44);3-16,21,26-27,37-38H,17-20H2,1-2H3,(H,35,41)(H,39,40);/q;;+2/p-1/t29-,30-;26-,27-;/m11./s1. The van der Waals surface area contributed by atoms with Crippen molar-refractivity contribution in [1.82, 2.24) is 9.13 Å². The van der Waals surface area contributed by atoms with Crippen molar-refractivity contribution in [2.75, 3.05) is 10.6 Å². The number of ether oxygens (including phenoxy) is 1. The summed E-state index contributed by atoms with van der Waals surface area (Å²) in [6, 6.07) is 49.7. The summed E-state index contributed by atoms with van der Waals surface area (Å²) in [6.07, 6.45) is -4.79. The van der Waals surface area contributed by atoms with E-state index in [0.717, 1.165) is 33.8 Å². The maximum Gasteiger partial charge on any atom is 2.00 e. The zero-order chi connectivity index (χ0) is 62.2. The molecule has 87 heavy (non-hydrogen) atoms. The molecule has 0 saturated heterocycles. The molecule has 0 unspecified atom stereocenters. The SMILES string of the molecule is CC(C)c1c(C(=O)Nc2ccccc2)c(-c2ccccc2)c(-c2ccc(F)cc2)n1CC[C@@H](O)C[C@@H](O)CC(=O)OC(C)(C)C.CC(C)c1c(C(=O)Nc2ccccc2)c(-c2ccccc2)c(-c2ccc(F)cc2)n1CC[C@@H](O)C[C@@H](O)CC(=O)[O-].[Ca+2]. The van der Waals surface area contributed by atoms with Crippen molar-refractivity contribution in [3.05, 3.63) is 204 Å². The number of para-hydroxylation sites is 2. The van der Waals surface area contributed by atoms with E-state index in [1.807, 2.05) is 146 Å². The van der Waals surface area contributed by atoms with Crippen LogP contribution in [0, 0.1) is 11.6 Å². The minimum absolute atomic E-state index is 0. The third-order valence-corrected chi connectivity index (χ3v) is 14.3. The minimum atomic E-state index is -1.39. The maximum absolute atomic E-state index is 14.2. The number of hydrogen-bond donors (Lipinski definition) is 6. The molecule has 2 heterocycles. The number of anilines is 2. The van der Waals surface area contributed by atoms with E-state index in [4.69, 9.17) is 4.74 Å². The van der Waals surface area contributed by atoms with Crippen LogP contribution in [0.5, 0.6) is 0 Å². The average molecular weight is 1210 g/mol. The van der Waals surface area contributed by atoms with E-state index in [2.05, 4.69) is 10.6 Å². The molecule has 6 aromatic carbocycles. The number of carboxylic acid groups (broad SMARTS) is 1. The van der Waals surface area contributed by atoms with Gasteiger partial charge in [-0.15, -0.1) is 0 Å². The molecule has 0 radical (unpaired) electrons. The number of amides is 2. The molecule has 8 rings (SSSR count). The van der Waals surface area contributed by atoms with E-state index in [1.54, 1.807) is 57.2 Å². The Morgan fingerprint density at radius 3 is 1.15 bits per heavy atom. The molecule has 0 bridgehead atoms. The Kier molecular flexibility index (Phi) is 25.4. The molecule has 8 aromatic rings. The van der Waals surface area contributed by atoms with E-state index in [0.29, 0.717) is 51.4 Å². The Morgan fingerprint density at radius 1 is 0.494 bits per heavy atom. The van der Waals surface area contributed by atoms with E-state index >= 15 is 0 Å². The van der Waals surface area contributed by atoms with Gasteiger partial charge in [0.2, 0.25) is 0 Å². The summed E-state index contributed by atoms with van der Waals surface area (Å²) < 4.78 is 37.4. The van der Waals surface area contributed by atoms with Gasteiger partial charge in [0.1, 0.15) is 17.2 Å². The average Bonchev–Trinajstić information content (AvgIpc) is 1.69. The van der Waals surface area contributed by atoms with Gasteiger partial charge in [-0.05, 0) is 153 Å². The Labute approximate surface area is 537 Å². The molecule has 0 aliphatic heterocycles. The first kappa shape index (κ1) is 68.8. The van der Waals surface area contributed by atoms with Crippen molar-refractivity contribution in [3.63, 3.8) is 0 Å². The molecule has 17 heteroatoms. The van der Waals surface area contributed by atoms with Gasteiger partial charge in [-0.3, -0.25) is 14.4 Å². The fraction of sp³-hybridized carbons (Fsp3) is 0.314. The van der Waals surface area contributed by atoms with Crippen LogP contribution in [-0.2, 0) is 27.4 Å². The summed E-state index contributed by atoms with van der Waals surface area (Å²) in [4.78, 5) is 51.3. The fourth-order valence-corrected chi connectivity index (χ4v) is 10.8. The number of carboxylic acids is 1. The van der Waals surface area contributed by atoms with Gasteiger partial charge < -0.3 is 54.8 Å². The molecular weight excluding hydrogens is 1130 g/mol. The summed E-state index contributed by atoms with van der Waals surface area (Å²) in [5, 5.41) is 59.2. The number of aliphatic hydroxyl groups excluding tert-OH is 4. The Hall–Kier alpha value is -7.28. The Morgan fingerprint density at radius 2 is 0.828 bits per heavy atom. The summed E-state index contributed by atoms with van der Waals surface area (Å²) in [5.41, 5.74) is 8.94. The Balaban J connectivity index is 0.000000276. The van der Waals surface area contributed by atoms with Gasteiger partial charge in [0.05, 0.1) is 53.4 Å². The van der Waals surface area contributed by atoms with Crippen LogP contribution in [0.25, 0.3) is 44.8 Å². The van der Waals surface area contributed by atoms with Crippen LogP contribution in [-0.4, -0.2) is 121 Å². The summed E-state index contributed by atoms with van der Waals surface area (Å²) in [5.74, 6) is -3.50. The molecular formula is C70H77CaF2N4O10+. The number of nitrogens with zero attached hydrogens (tertiary/aromatic N) is 2. The van der Waals surface area contributed by atoms with Crippen LogP contribution in [0.1, 0.15) is 131 Å². The quantitative estimate of drug-likeness (QED) is 0.0249. The number of aromatic nitrogens is 2. The summed E-state index contributed by atoms with van der Waals surface area (Å²) in [6.45, 7) is 13.8. The van der Waals surface area contributed by atoms with Crippen LogP contribution in [0.15, 0.2) is 170 Å². The number of esters is 1. The molecule has 0 fully saturated rings. The van der Waals surface area contributed by atoms with E-state index in [9.17, 15) is 53.5 Å². The summed E-state index contributed by atoms with van der Waals surface area (Å²) in [7, 11) is 0. The molecule has 0 saturated carbocycles. The first-order valence-corrected chi connectivity index (χ1v) is 29.0. The first-order valence-electron chi connectivity index (χ1n) is 29.0. The van der Waals surface area contributed by atoms with Crippen molar-refractivity contribution in [2.24, 2.45) is 0 Å². The predicted molar refractivity (Wildman–Crippen MR) is 336 cm³/mol. The van der Waals surface area contributed by atoms with Crippen LogP contribution in [0.4, 0.5) is 20.2 Å². The van der Waals surface area contributed by atoms with Gasteiger partial charge in [0.15, 0.2) is 0 Å².